The van der Waals surface area contributed by atoms with Crippen molar-refractivity contribution in [1.82, 2.24) is 24.2 Å². The Kier molecular flexibility index (Phi) is 5.45. The maximum absolute atomic E-state index is 13.5. The number of benzene rings is 1. The van der Waals surface area contributed by atoms with Crippen LogP contribution in [0, 0.1) is 0 Å². The predicted octanol–water partition coefficient (Wildman–Crippen LogP) is 1.40. The molecule has 0 radical (unpaired) electrons. The van der Waals surface area contributed by atoms with Crippen molar-refractivity contribution in [2.75, 3.05) is 31.6 Å². The van der Waals surface area contributed by atoms with Gasteiger partial charge in [-0.05, 0) is 31.9 Å². The van der Waals surface area contributed by atoms with Crippen LogP contribution >= 0.6 is 0 Å². The summed E-state index contributed by atoms with van der Waals surface area (Å²) >= 11 is 0. The van der Waals surface area contributed by atoms with Crippen LogP contribution in [0.3, 0.4) is 0 Å². The first-order chi connectivity index (χ1) is 16.0. The molecule has 2 aromatic heterocycles. The van der Waals surface area contributed by atoms with Gasteiger partial charge in [0.05, 0.1) is 36.2 Å². The number of amides is 1. The summed E-state index contributed by atoms with van der Waals surface area (Å²) in [7, 11) is 1.74. The average molecular weight is 449 g/mol. The maximum atomic E-state index is 13.5. The topological polar surface area (TPSA) is 115 Å². The van der Waals surface area contributed by atoms with E-state index in [0.29, 0.717) is 41.1 Å². The second kappa shape index (κ2) is 8.43. The van der Waals surface area contributed by atoms with Crippen LogP contribution in [0.2, 0.25) is 0 Å². The number of imidazole rings is 1. The van der Waals surface area contributed by atoms with Crippen LogP contribution < -0.4 is 16.2 Å². The van der Waals surface area contributed by atoms with E-state index in [1.54, 1.807) is 24.2 Å². The summed E-state index contributed by atoms with van der Waals surface area (Å²) in [5.41, 5.74) is 8.92. The fourth-order valence-electron chi connectivity index (χ4n) is 4.69. The molecule has 10 heteroatoms. The number of carbonyl (C=O) groups is 1. The van der Waals surface area contributed by atoms with Gasteiger partial charge in [-0.25, -0.2) is 9.67 Å². The molecular formula is C23H28N8O2. The van der Waals surface area contributed by atoms with Gasteiger partial charge < -0.3 is 20.1 Å². The molecule has 1 saturated heterocycles. The lowest BCUT2D eigenvalue weighted by atomic mass is 10.1. The first-order valence-corrected chi connectivity index (χ1v) is 11.3. The van der Waals surface area contributed by atoms with E-state index in [1.807, 2.05) is 29.7 Å². The van der Waals surface area contributed by atoms with Gasteiger partial charge in [-0.2, -0.15) is 5.10 Å². The molecule has 0 spiro atoms. The van der Waals surface area contributed by atoms with Crippen molar-refractivity contribution < 1.29 is 4.79 Å². The quantitative estimate of drug-likeness (QED) is 0.645. The molecular weight excluding hydrogens is 420 g/mol. The lowest BCUT2D eigenvalue weighted by molar-refractivity contribution is 0.0816. The molecule has 0 aliphatic carbocycles. The van der Waals surface area contributed by atoms with Crippen LogP contribution in [0.25, 0.3) is 11.0 Å². The largest absolute Gasteiger partial charge is 0.341 e. The Hall–Kier alpha value is -3.53. The fourth-order valence-corrected chi connectivity index (χ4v) is 4.69. The van der Waals surface area contributed by atoms with E-state index in [1.165, 1.54) is 4.68 Å². The third-order valence-electron chi connectivity index (χ3n) is 6.30. The van der Waals surface area contributed by atoms with Crippen molar-refractivity contribution in [2.24, 2.45) is 10.7 Å². The second-order valence-electron chi connectivity index (χ2n) is 8.70. The van der Waals surface area contributed by atoms with Gasteiger partial charge in [-0.1, -0.05) is 12.1 Å². The van der Waals surface area contributed by atoms with E-state index >= 15 is 0 Å². The summed E-state index contributed by atoms with van der Waals surface area (Å²) in [6.07, 6.45) is 3.64. The molecule has 2 N–H and O–H groups in total. The van der Waals surface area contributed by atoms with E-state index in [-0.39, 0.29) is 24.1 Å². The summed E-state index contributed by atoms with van der Waals surface area (Å²) in [5.74, 6) is 0.680. The van der Waals surface area contributed by atoms with Gasteiger partial charge in [-0.15, -0.1) is 0 Å². The fraction of sp³-hybridized carbons (Fsp3) is 0.435. The number of nitrogens with zero attached hydrogens (tertiary/aromatic N) is 7. The number of carbonyl (C=O) groups excluding carboxylic acids is 1. The normalized spacial score (nSPS) is 18.9. The molecule has 1 fully saturated rings. The van der Waals surface area contributed by atoms with Crippen molar-refractivity contribution in [1.29, 1.82) is 0 Å². The van der Waals surface area contributed by atoms with Gasteiger partial charge in [0.2, 0.25) is 5.95 Å². The molecule has 172 valence electrons. The van der Waals surface area contributed by atoms with Gasteiger partial charge in [0.25, 0.3) is 11.5 Å². The highest BCUT2D eigenvalue weighted by molar-refractivity contribution is 6.04. The zero-order chi connectivity index (χ0) is 23.1. The number of anilines is 1. The third-order valence-corrected chi connectivity index (χ3v) is 6.30. The number of aryl methyl sites for hydroxylation is 1. The molecule has 1 amide bonds. The standard InChI is InChI=1S/C23H28N8O2/c1-3-30-20-19(27-23(30)29-10-6-7-15(24)12-29)11-25-31(22(20)33)14-16-13-28(2)21(32)17-8-4-5-9-18(17)26-16/h4-5,8-9,11,15H,3,6-7,10,12-14,24H2,1-2H3. The Morgan fingerprint density at radius 3 is 2.82 bits per heavy atom. The average Bonchev–Trinajstić information content (AvgIpc) is 3.15. The SMILES string of the molecule is CCn1c(N2CCCC(N)C2)nc2cnn(CC3=Nc4ccccc4C(=O)N(C)C3)c(=O)c21. The van der Waals surface area contributed by atoms with E-state index in [9.17, 15) is 9.59 Å². The molecule has 3 aromatic rings. The monoisotopic (exact) mass is 448 g/mol. The lowest BCUT2D eigenvalue weighted by Gasteiger charge is -2.31. The van der Waals surface area contributed by atoms with Crippen LogP contribution in [0.4, 0.5) is 11.6 Å². The van der Waals surface area contributed by atoms with Crippen LogP contribution in [0.5, 0.6) is 0 Å². The predicted molar refractivity (Wildman–Crippen MR) is 127 cm³/mol. The van der Waals surface area contributed by atoms with Crippen LogP contribution in [0.15, 0.2) is 40.2 Å². The van der Waals surface area contributed by atoms with E-state index < -0.39 is 0 Å². The first kappa shape index (κ1) is 21.3. The number of fused-ring (bicyclic) bond motifs is 2. The maximum Gasteiger partial charge on any atom is 0.293 e. The summed E-state index contributed by atoms with van der Waals surface area (Å²) < 4.78 is 3.36. The number of rotatable bonds is 4. The Morgan fingerprint density at radius 2 is 2.03 bits per heavy atom. The van der Waals surface area contributed by atoms with E-state index in [4.69, 9.17) is 15.7 Å². The summed E-state index contributed by atoms with van der Waals surface area (Å²) in [6.45, 7) is 4.73. The summed E-state index contributed by atoms with van der Waals surface area (Å²) in [4.78, 5) is 39.4. The molecule has 1 aromatic carbocycles. The number of aromatic nitrogens is 4. The molecule has 0 bridgehead atoms. The molecule has 1 unspecified atom stereocenters. The highest BCUT2D eigenvalue weighted by Crippen LogP contribution is 2.24. The minimum atomic E-state index is -0.219. The molecule has 2 aliphatic heterocycles. The van der Waals surface area contributed by atoms with Gasteiger partial charge >= 0.3 is 0 Å². The minimum absolute atomic E-state index is 0.0893. The Bertz CT molecular complexity index is 1310. The van der Waals surface area contributed by atoms with Crippen molar-refractivity contribution in [3.8, 4) is 0 Å². The van der Waals surface area contributed by atoms with Crippen LogP contribution in [0.1, 0.15) is 30.1 Å². The zero-order valence-electron chi connectivity index (χ0n) is 18.9. The molecule has 5 rings (SSSR count). The van der Waals surface area contributed by atoms with Crippen molar-refractivity contribution in [3.05, 3.63) is 46.4 Å². The van der Waals surface area contributed by atoms with Crippen molar-refractivity contribution >= 4 is 34.3 Å². The Morgan fingerprint density at radius 1 is 1.21 bits per heavy atom. The van der Waals surface area contributed by atoms with Crippen LogP contribution in [-0.2, 0) is 13.1 Å². The van der Waals surface area contributed by atoms with Crippen molar-refractivity contribution in [3.63, 3.8) is 0 Å². The molecule has 2 aliphatic rings. The molecule has 1 atom stereocenters. The highest BCUT2D eigenvalue weighted by atomic mass is 16.2. The molecule has 10 nitrogen and oxygen atoms in total. The molecule has 0 saturated carbocycles. The highest BCUT2D eigenvalue weighted by Gasteiger charge is 2.25. The van der Waals surface area contributed by atoms with E-state index in [0.717, 1.165) is 31.9 Å². The Labute approximate surface area is 191 Å². The minimum Gasteiger partial charge on any atom is -0.341 e. The number of nitrogens with two attached hydrogens (primary N) is 1. The van der Waals surface area contributed by atoms with Gasteiger partial charge in [0.1, 0.15) is 11.0 Å². The van der Waals surface area contributed by atoms with Crippen LogP contribution in [-0.4, -0.2) is 68.6 Å². The third kappa shape index (κ3) is 3.80. The lowest BCUT2D eigenvalue weighted by Crippen LogP contribution is -2.44. The molecule has 4 heterocycles. The number of para-hydroxylation sites is 1. The molecule has 33 heavy (non-hydrogen) atoms. The second-order valence-corrected chi connectivity index (χ2v) is 8.70. The van der Waals surface area contributed by atoms with Gasteiger partial charge in [0, 0.05) is 32.7 Å². The Balaban J connectivity index is 1.53. The smallest absolute Gasteiger partial charge is 0.293 e. The number of aliphatic imine (C=N–C) groups is 1. The number of hydrogen-bond donors (Lipinski definition) is 1. The first-order valence-electron chi connectivity index (χ1n) is 11.3. The van der Waals surface area contributed by atoms with Crippen molar-refractivity contribution in [2.45, 2.75) is 38.9 Å². The van der Waals surface area contributed by atoms with E-state index in [2.05, 4.69) is 10.00 Å². The summed E-state index contributed by atoms with van der Waals surface area (Å²) in [5, 5.41) is 4.38. The zero-order valence-corrected chi connectivity index (χ0v) is 18.9. The number of hydrogen-bond acceptors (Lipinski definition) is 7. The summed E-state index contributed by atoms with van der Waals surface area (Å²) in [6, 6.07) is 7.36. The number of piperidine rings is 1. The van der Waals surface area contributed by atoms with Gasteiger partial charge in [0.15, 0.2) is 0 Å². The van der Waals surface area contributed by atoms with Gasteiger partial charge in [-0.3, -0.25) is 14.6 Å².